The van der Waals surface area contributed by atoms with Crippen molar-refractivity contribution in [3.8, 4) is 0 Å². The van der Waals surface area contributed by atoms with E-state index in [9.17, 15) is 0 Å². The van der Waals surface area contributed by atoms with Gasteiger partial charge in [0, 0.05) is 16.6 Å². The van der Waals surface area contributed by atoms with Gasteiger partial charge in [-0.3, -0.25) is 0 Å². The summed E-state index contributed by atoms with van der Waals surface area (Å²) in [5, 5.41) is 4.83. The minimum absolute atomic E-state index is 1.04. The molecule has 92 valence electrons. The van der Waals surface area contributed by atoms with Crippen LogP contribution in [-0.4, -0.2) is 18.1 Å². The van der Waals surface area contributed by atoms with Gasteiger partial charge in [0.15, 0.2) is 0 Å². The fourth-order valence-corrected chi connectivity index (χ4v) is 2.51. The normalized spacial score (nSPS) is 11.3. The summed E-state index contributed by atoms with van der Waals surface area (Å²) in [5.74, 6) is 0. The van der Waals surface area contributed by atoms with Crippen LogP contribution in [0.15, 0.2) is 12.1 Å². The van der Waals surface area contributed by atoms with E-state index in [2.05, 4.69) is 50.1 Å². The van der Waals surface area contributed by atoms with Crippen LogP contribution in [0.25, 0.3) is 10.9 Å². The topological polar surface area (TPSA) is 27.8 Å². The number of nitrogens with one attached hydrogen (secondary N) is 2. The van der Waals surface area contributed by atoms with E-state index in [1.54, 1.807) is 0 Å². The average molecular weight is 230 g/mol. The second-order valence-corrected chi connectivity index (χ2v) is 4.78. The molecule has 0 amide bonds. The molecular formula is C15H22N2. The third-order valence-corrected chi connectivity index (χ3v) is 3.49. The van der Waals surface area contributed by atoms with Gasteiger partial charge in [-0.15, -0.1) is 0 Å². The van der Waals surface area contributed by atoms with Crippen LogP contribution >= 0.6 is 0 Å². The van der Waals surface area contributed by atoms with Crippen LogP contribution in [0.5, 0.6) is 0 Å². The van der Waals surface area contributed by atoms with Crippen molar-refractivity contribution in [2.45, 2.75) is 34.1 Å². The second kappa shape index (κ2) is 4.92. The number of rotatable bonds is 4. The molecule has 17 heavy (non-hydrogen) atoms. The summed E-state index contributed by atoms with van der Waals surface area (Å²) in [7, 11) is 0. The lowest BCUT2D eigenvalue weighted by Gasteiger charge is -2.05. The number of benzene rings is 1. The molecule has 0 aliphatic heterocycles. The summed E-state index contributed by atoms with van der Waals surface area (Å²) in [6.07, 6.45) is 1.10. The molecule has 0 unspecified atom stereocenters. The first-order valence-corrected chi connectivity index (χ1v) is 6.43. The van der Waals surface area contributed by atoms with Gasteiger partial charge in [-0.2, -0.15) is 0 Å². The predicted octanol–water partition coefficient (Wildman–Crippen LogP) is 3.25. The van der Waals surface area contributed by atoms with E-state index in [0.29, 0.717) is 0 Å². The van der Waals surface area contributed by atoms with Crippen LogP contribution in [0.2, 0.25) is 0 Å². The molecule has 0 aliphatic rings. The van der Waals surface area contributed by atoms with Gasteiger partial charge in [-0.05, 0) is 57.0 Å². The van der Waals surface area contributed by atoms with E-state index in [-0.39, 0.29) is 0 Å². The lowest BCUT2D eigenvalue weighted by molar-refractivity contribution is 0.716. The SMILES string of the molecule is CCNCCc1c(C)[nH]c2c(C)ccc(C)c12. The van der Waals surface area contributed by atoms with Crippen LogP contribution in [0.1, 0.15) is 29.3 Å². The van der Waals surface area contributed by atoms with Crippen molar-refractivity contribution in [3.63, 3.8) is 0 Å². The standard InChI is InChI=1S/C15H22N2/c1-5-16-9-8-13-12(4)17-15-11(3)7-6-10(2)14(13)15/h6-7,16-17H,5,8-9H2,1-4H3. The molecule has 1 aromatic heterocycles. The van der Waals surface area contributed by atoms with E-state index < -0.39 is 0 Å². The summed E-state index contributed by atoms with van der Waals surface area (Å²) in [4.78, 5) is 3.54. The fourth-order valence-electron chi connectivity index (χ4n) is 2.51. The van der Waals surface area contributed by atoms with Crippen LogP contribution in [-0.2, 0) is 6.42 Å². The Labute approximate surface area is 103 Å². The van der Waals surface area contributed by atoms with Crippen molar-refractivity contribution < 1.29 is 0 Å². The fraction of sp³-hybridized carbons (Fsp3) is 0.467. The molecule has 0 saturated heterocycles. The van der Waals surface area contributed by atoms with Crippen molar-refractivity contribution in [1.29, 1.82) is 0 Å². The Morgan fingerprint density at radius 3 is 2.53 bits per heavy atom. The van der Waals surface area contributed by atoms with E-state index in [0.717, 1.165) is 19.5 Å². The molecule has 2 rings (SSSR count). The molecule has 2 heteroatoms. The zero-order valence-corrected chi connectivity index (χ0v) is 11.3. The monoisotopic (exact) mass is 230 g/mol. The molecule has 0 bridgehead atoms. The molecule has 1 heterocycles. The number of fused-ring (bicyclic) bond motifs is 1. The highest BCUT2D eigenvalue weighted by Crippen LogP contribution is 2.28. The molecule has 0 atom stereocenters. The first-order chi connectivity index (χ1) is 8.15. The summed E-state index contributed by atoms with van der Waals surface area (Å²) in [6, 6.07) is 4.42. The van der Waals surface area contributed by atoms with E-state index in [4.69, 9.17) is 0 Å². The number of H-pyrrole nitrogens is 1. The van der Waals surface area contributed by atoms with E-state index in [1.165, 1.54) is 33.3 Å². The van der Waals surface area contributed by atoms with Gasteiger partial charge in [0.05, 0.1) is 0 Å². The molecule has 2 aromatic rings. The van der Waals surface area contributed by atoms with Gasteiger partial charge in [-0.1, -0.05) is 19.1 Å². The maximum absolute atomic E-state index is 3.54. The number of aromatic nitrogens is 1. The number of aromatic amines is 1. The van der Waals surface area contributed by atoms with Gasteiger partial charge in [-0.25, -0.2) is 0 Å². The Morgan fingerprint density at radius 1 is 1.12 bits per heavy atom. The maximum atomic E-state index is 3.54. The molecule has 2 N–H and O–H groups in total. The average Bonchev–Trinajstić information content (AvgIpc) is 2.63. The Kier molecular flexibility index (Phi) is 3.53. The Bertz CT molecular complexity index is 523. The van der Waals surface area contributed by atoms with Crippen molar-refractivity contribution in [2.75, 3.05) is 13.1 Å². The molecule has 0 aliphatic carbocycles. The summed E-state index contributed by atoms with van der Waals surface area (Å²) < 4.78 is 0. The lowest BCUT2D eigenvalue weighted by Crippen LogP contribution is -2.16. The molecule has 0 radical (unpaired) electrons. The zero-order chi connectivity index (χ0) is 12.4. The molecule has 0 saturated carbocycles. The molecular weight excluding hydrogens is 208 g/mol. The van der Waals surface area contributed by atoms with Crippen LogP contribution in [0.3, 0.4) is 0 Å². The number of hydrogen-bond donors (Lipinski definition) is 2. The smallest absolute Gasteiger partial charge is 0.0491 e. The maximum Gasteiger partial charge on any atom is 0.0491 e. The van der Waals surface area contributed by atoms with Gasteiger partial charge < -0.3 is 10.3 Å². The second-order valence-electron chi connectivity index (χ2n) is 4.78. The highest BCUT2D eigenvalue weighted by molar-refractivity contribution is 5.90. The highest BCUT2D eigenvalue weighted by atomic mass is 14.8. The Morgan fingerprint density at radius 2 is 1.82 bits per heavy atom. The summed E-state index contributed by atoms with van der Waals surface area (Å²) in [5.41, 5.74) is 6.82. The largest absolute Gasteiger partial charge is 0.358 e. The van der Waals surface area contributed by atoms with Crippen molar-refractivity contribution in [3.05, 3.63) is 34.5 Å². The first-order valence-electron chi connectivity index (χ1n) is 6.43. The van der Waals surface area contributed by atoms with Gasteiger partial charge in [0.1, 0.15) is 0 Å². The van der Waals surface area contributed by atoms with E-state index in [1.807, 2.05) is 0 Å². The summed E-state index contributed by atoms with van der Waals surface area (Å²) in [6.45, 7) is 10.8. The minimum Gasteiger partial charge on any atom is -0.358 e. The number of hydrogen-bond acceptors (Lipinski definition) is 1. The summed E-state index contributed by atoms with van der Waals surface area (Å²) >= 11 is 0. The van der Waals surface area contributed by atoms with Crippen molar-refractivity contribution in [2.24, 2.45) is 0 Å². The van der Waals surface area contributed by atoms with Gasteiger partial charge in [0.25, 0.3) is 0 Å². The highest BCUT2D eigenvalue weighted by Gasteiger charge is 2.11. The number of aryl methyl sites for hydroxylation is 3. The molecule has 2 nitrogen and oxygen atoms in total. The van der Waals surface area contributed by atoms with Crippen molar-refractivity contribution >= 4 is 10.9 Å². The molecule has 0 spiro atoms. The third kappa shape index (κ3) is 2.22. The quantitative estimate of drug-likeness (QED) is 0.775. The third-order valence-electron chi connectivity index (χ3n) is 3.49. The number of likely N-dealkylation sites (N-methyl/N-ethyl adjacent to an activating group) is 1. The van der Waals surface area contributed by atoms with Crippen molar-refractivity contribution in [1.82, 2.24) is 10.3 Å². The van der Waals surface area contributed by atoms with Gasteiger partial charge in [0.2, 0.25) is 0 Å². The van der Waals surface area contributed by atoms with E-state index >= 15 is 0 Å². The van der Waals surface area contributed by atoms with Crippen LogP contribution < -0.4 is 5.32 Å². The predicted molar refractivity (Wildman–Crippen MR) is 74.8 cm³/mol. The first kappa shape index (κ1) is 12.2. The van der Waals surface area contributed by atoms with Crippen LogP contribution in [0.4, 0.5) is 0 Å². The molecule has 1 aromatic carbocycles. The minimum atomic E-state index is 1.04. The van der Waals surface area contributed by atoms with Crippen LogP contribution in [0, 0.1) is 20.8 Å². The Balaban J connectivity index is 2.47. The molecule has 0 fully saturated rings. The zero-order valence-electron chi connectivity index (χ0n) is 11.3. The van der Waals surface area contributed by atoms with Gasteiger partial charge >= 0.3 is 0 Å². The lowest BCUT2D eigenvalue weighted by atomic mass is 10.0. The Hall–Kier alpha value is -1.28.